The van der Waals surface area contributed by atoms with Gasteiger partial charge in [-0.3, -0.25) is 10.1 Å². The molecule has 120 valence electrons. The summed E-state index contributed by atoms with van der Waals surface area (Å²) in [4.78, 5) is 10.3. The summed E-state index contributed by atoms with van der Waals surface area (Å²) in [7, 11) is -3.66. The van der Waals surface area contributed by atoms with E-state index in [1.165, 1.54) is 22.5 Å². The second kappa shape index (κ2) is 5.60. The summed E-state index contributed by atoms with van der Waals surface area (Å²) in [6.07, 6.45) is 2.82. The van der Waals surface area contributed by atoms with Gasteiger partial charge in [0.25, 0.3) is 5.69 Å². The van der Waals surface area contributed by atoms with E-state index in [4.69, 9.17) is 0 Å². The Morgan fingerprint density at radius 2 is 1.95 bits per heavy atom. The lowest BCUT2D eigenvalue weighted by molar-refractivity contribution is -0.385. The van der Waals surface area contributed by atoms with Crippen molar-refractivity contribution in [1.82, 2.24) is 9.62 Å². The standard InChI is InChI=1S/C14H19N3O4S/c18-17(19)12-2-1-3-13(10-12)22(20,21)16-9-6-14(11-16)4-7-15-8-5-14/h1-3,10,15H,4-9,11H2. The number of sulfonamides is 1. The quantitative estimate of drug-likeness (QED) is 0.669. The van der Waals surface area contributed by atoms with Crippen molar-refractivity contribution < 1.29 is 13.3 Å². The number of benzene rings is 1. The van der Waals surface area contributed by atoms with Gasteiger partial charge in [-0.1, -0.05) is 6.07 Å². The van der Waals surface area contributed by atoms with Crippen molar-refractivity contribution in [2.75, 3.05) is 26.2 Å². The van der Waals surface area contributed by atoms with Gasteiger partial charge < -0.3 is 5.32 Å². The van der Waals surface area contributed by atoms with E-state index in [0.717, 1.165) is 38.4 Å². The van der Waals surface area contributed by atoms with Crippen molar-refractivity contribution in [3.8, 4) is 0 Å². The second-order valence-electron chi connectivity index (χ2n) is 6.09. The maximum Gasteiger partial charge on any atom is 0.270 e. The molecular formula is C14H19N3O4S. The molecule has 1 aromatic rings. The lowest BCUT2D eigenvalue weighted by atomic mass is 9.78. The largest absolute Gasteiger partial charge is 0.317 e. The summed E-state index contributed by atoms with van der Waals surface area (Å²) >= 11 is 0. The van der Waals surface area contributed by atoms with Crippen LogP contribution < -0.4 is 5.32 Å². The van der Waals surface area contributed by atoms with Gasteiger partial charge in [-0.05, 0) is 43.8 Å². The Balaban J connectivity index is 1.85. The Morgan fingerprint density at radius 3 is 2.64 bits per heavy atom. The van der Waals surface area contributed by atoms with Crippen molar-refractivity contribution in [1.29, 1.82) is 0 Å². The van der Waals surface area contributed by atoms with E-state index in [9.17, 15) is 18.5 Å². The third kappa shape index (κ3) is 2.73. The highest BCUT2D eigenvalue weighted by Gasteiger charge is 2.43. The summed E-state index contributed by atoms with van der Waals surface area (Å²) in [5.41, 5.74) is -0.129. The number of hydrogen-bond donors (Lipinski definition) is 1. The molecule has 2 saturated heterocycles. The third-order valence-electron chi connectivity index (χ3n) is 4.73. The van der Waals surface area contributed by atoms with Crippen LogP contribution in [0.25, 0.3) is 0 Å². The molecule has 22 heavy (non-hydrogen) atoms. The first-order chi connectivity index (χ1) is 10.4. The van der Waals surface area contributed by atoms with E-state index >= 15 is 0 Å². The molecule has 1 aromatic carbocycles. The fourth-order valence-electron chi connectivity index (χ4n) is 3.37. The van der Waals surface area contributed by atoms with Gasteiger partial charge in [-0.25, -0.2) is 8.42 Å². The zero-order valence-electron chi connectivity index (χ0n) is 12.2. The highest BCUT2D eigenvalue weighted by Crippen LogP contribution is 2.40. The van der Waals surface area contributed by atoms with Crippen LogP contribution in [-0.2, 0) is 10.0 Å². The van der Waals surface area contributed by atoms with Gasteiger partial charge >= 0.3 is 0 Å². The van der Waals surface area contributed by atoms with E-state index in [2.05, 4.69) is 5.32 Å². The molecule has 0 amide bonds. The van der Waals surface area contributed by atoms with E-state index in [-0.39, 0.29) is 16.0 Å². The van der Waals surface area contributed by atoms with Crippen molar-refractivity contribution in [2.45, 2.75) is 24.2 Å². The predicted molar refractivity (Wildman–Crippen MR) is 81.0 cm³/mol. The maximum absolute atomic E-state index is 12.7. The number of non-ortho nitro benzene ring substituents is 1. The number of nitrogens with one attached hydrogen (secondary N) is 1. The van der Waals surface area contributed by atoms with Crippen LogP contribution in [-0.4, -0.2) is 43.8 Å². The van der Waals surface area contributed by atoms with Crippen molar-refractivity contribution >= 4 is 15.7 Å². The fourth-order valence-corrected chi connectivity index (χ4v) is 4.96. The van der Waals surface area contributed by atoms with Crippen LogP contribution in [0.15, 0.2) is 29.2 Å². The molecule has 8 heteroatoms. The van der Waals surface area contributed by atoms with E-state index in [1.807, 2.05) is 0 Å². The monoisotopic (exact) mass is 325 g/mol. The molecule has 0 bridgehead atoms. The zero-order chi connectivity index (χ0) is 15.8. The van der Waals surface area contributed by atoms with E-state index in [0.29, 0.717) is 13.1 Å². The van der Waals surface area contributed by atoms with Crippen LogP contribution in [0, 0.1) is 15.5 Å². The van der Waals surface area contributed by atoms with Crippen molar-refractivity contribution in [2.24, 2.45) is 5.41 Å². The summed E-state index contributed by atoms with van der Waals surface area (Å²) in [5.74, 6) is 0. The average Bonchev–Trinajstić information content (AvgIpc) is 2.92. The summed E-state index contributed by atoms with van der Waals surface area (Å²) in [6.45, 7) is 2.85. The first-order valence-electron chi connectivity index (χ1n) is 7.38. The van der Waals surface area contributed by atoms with Gasteiger partial charge in [-0.15, -0.1) is 0 Å². The normalized spacial score (nSPS) is 22.0. The summed E-state index contributed by atoms with van der Waals surface area (Å²) < 4.78 is 26.9. The number of piperidine rings is 1. The molecule has 2 aliphatic rings. The molecular weight excluding hydrogens is 306 g/mol. The Kier molecular flexibility index (Phi) is 3.92. The van der Waals surface area contributed by atoms with Crippen molar-refractivity contribution in [3.63, 3.8) is 0 Å². The summed E-state index contributed by atoms with van der Waals surface area (Å²) in [6, 6.07) is 5.29. The van der Waals surface area contributed by atoms with Crippen LogP contribution in [0.4, 0.5) is 5.69 Å². The molecule has 0 saturated carbocycles. The van der Waals surface area contributed by atoms with Gasteiger partial charge in [0.1, 0.15) is 0 Å². The number of nitro groups is 1. The lowest BCUT2D eigenvalue weighted by Gasteiger charge is -2.33. The second-order valence-corrected chi connectivity index (χ2v) is 8.03. The molecule has 1 N–H and O–H groups in total. The van der Waals surface area contributed by atoms with Crippen LogP contribution in [0.3, 0.4) is 0 Å². The van der Waals surface area contributed by atoms with Crippen LogP contribution in [0.5, 0.6) is 0 Å². The van der Waals surface area contributed by atoms with Gasteiger partial charge in [0.05, 0.1) is 9.82 Å². The molecule has 0 atom stereocenters. The van der Waals surface area contributed by atoms with Gasteiger partial charge in [0.2, 0.25) is 10.0 Å². The SMILES string of the molecule is O=[N+]([O-])c1cccc(S(=O)(=O)N2CCC3(CCNCC3)C2)c1. The first-order valence-corrected chi connectivity index (χ1v) is 8.82. The Morgan fingerprint density at radius 1 is 1.23 bits per heavy atom. The van der Waals surface area contributed by atoms with Gasteiger partial charge in [0, 0.05) is 25.2 Å². The summed E-state index contributed by atoms with van der Waals surface area (Å²) in [5, 5.41) is 14.1. The molecule has 3 rings (SSSR count). The molecule has 2 heterocycles. The molecule has 2 aliphatic heterocycles. The Bertz CT molecular complexity index is 683. The fraction of sp³-hybridized carbons (Fsp3) is 0.571. The highest BCUT2D eigenvalue weighted by atomic mass is 32.2. The molecule has 0 radical (unpaired) electrons. The molecule has 0 aliphatic carbocycles. The molecule has 0 unspecified atom stereocenters. The van der Waals surface area contributed by atoms with Gasteiger partial charge in [-0.2, -0.15) is 4.31 Å². The minimum absolute atomic E-state index is 0.00712. The topological polar surface area (TPSA) is 92.5 Å². The minimum Gasteiger partial charge on any atom is -0.317 e. The predicted octanol–water partition coefficient (Wildman–Crippen LogP) is 1.36. The Hall–Kier alpha value is -1.51. The zero-order valence-corrected chi connectivity index (χ0v) is 13.0. The highest BCUT2D eigenvalue weighted by molar-refractivity contribution is 7.89. The smallest absolute Gasteiger partial charge is 0.270 e. The van der Waals surface area contributed by atoms with Crippen LogP contribution in [0.2, 0.25) is 0 Å². The average molecular weight is 325 g/mol. The molecule has 1 spiro atoms. The number of rotatable bonds is 3. The number of nitro benzene ring substituents is 1. The van der Waals surface area contributed by atoms with Crippen LogP contribution >= 0.6 is 0 Å². The number of nitrogens with zero attached hydrogens (tertiary/aromatic N) is 2. The molecule has 2 fully saturated rings. The lowest BCUT2D eigenvalue weighted by Crippen LogP contribution is -2.39. The maximum atomic E-state index is 12.7. The first kappa shape index (κ1) is 15.4. The minimum atomic E-state index is -3.66. The van der Waals surface area contributed by atoms with E-state index in [1.54, 1.807) is 0 Å². The van der Waals surface area contributed by atoms with E-state index < -0.39 is 14.9 Å². The van der Waals surface area contributed by atoms with Crippen LogP contribution in [0.1, 0.15) is 19.3 Å². The van der Waals surface area contributed by atoms with Gasteiger partial charge in [0.15, 0.2) is 0 Å². The molecule has 0 aromatic heterocycles. The third-order valence-corrected chi connectivity index (χ3v) is 6.57. The Labute approximate surface area is 129 Å². The number of hydrogen-bond acceptors (Lipinski definition) is 5. The van der Waals surface area contributed by atoms with Crippen molar-refractivity contribution in [3.05, 3.63) is 34.4 Å². The molecule has 7 nitrogen and oxygen atoms in total.